The molecule has 3 aromatic rings. The molecule has 46 heavy (non-hydrogen) atoms. The van der Waals surface area contributed by atoms with E-state index in [1.165, 1.54) is 35.5 Å². The Bertz CT molecular complexity index is 1630. The molecule has 0 unspecified atom stereocenters. The number of sulfonamides is 1. The number of imide groups is 1. The van der Waals surface area contributed by atoms with Gasteiger partial charge in [0.15, 0.2) is 0 Å². The Morgan fingerprint density at radius 2 is 1.48 bits per heavy atom. The Morgan fingerprint density at radius 1 is 0.891 bits per heavy atom. The third-order valence-electron chi connectivity index (χ3n) is 7.31. The number of aliphatic hydroxyl groups is 1. The molecule has 13 heteroatoms. The van der Waals surface area contributed by atoms with Crippen molar-refractivity contribution in [2.45, 2.75) is 50.7 Å². The summed E-state index contributed by atoms with van der Waals surface area (Å²) in [5.41, 5.74) is 4.18. The van der Waals surface area contributed by atoms with Gasteiger partial charge in [0.2, 0.25) is 15.9 Å². The Hall–Kier alpha value is -4.59. The molecule has 0 fully saturated rings. The molecule has 3 aromatic carbocycles. The molecular formula is C33H38N4O8S. The van der Waals surface area contributed by atoms with Gasteiger partial charge in [-0.25, -0.2) is 13.9 Å². The highest BCUT2D eigenvalue weighted by molar-refractivity contribution is 7.89. The number of carbonyl (C=O) groups is 4. The van der Waals surface area contributed by atoms with Crippen molar-refractivity contribution in [2.75, 3.05) is 25.1 Å². The Labute approximate surface area is 268 Å². The maximum atomic E-state index is 13.7. The van der Waals surface area contributed by atoms with Gasteiger partial charge in [0.05, 0.1) is 33.9 Å². The minimum Gasteiger partial charge on any atom is -0.390 e. The molecule has 0 bridgehead atoms. The highest BCUT2D eigenvalue weighted by atomic mass is 32.2. The number of hydrogen-bond donors (Lipinski definition) is 3. The Balaban J connectivity index is 1.49. The molecule has 3 amide bonds. The van der Waals surface area contributed by atoms with Crippen LogP contribution in [0.25, 0.3) is 0 Å². The van der Waals surface area contributed by atoms with E-state index in [0.29, 0.717) is 5.69 Å². The molecule has 3 N–H and O–H groups in total. The van der Waals surface area contributed by atoms with Gasteiger partial charge in [0.25, 0.3) is 11.8 Å². The number of carbonyl (C=O) groups excluding carboxylic acids is 4. The van der Waals surface area contributed by atoms with E-state index in [9.17, 15) is 32.7 Å². The second kappa shape index (κ2) is 15.1. The van der Waals surface area contributed by atoms with Crippen molar-refractivity contribution in [2.24, 2.45) is 5.92 Å². The number of anilines is 1. The first-order chi connectivity index (χ1) is 21.9. The van der Waals surface area contributed by atoms with E-state index in [1.54, 1.807) is 24.3 Å². The zero-order chi connectivity index (χ0) is 33.4. The van der Waals surface area contributed by atoms with Crippen LogP contribution < -0.4 is 10.8 Å². The lowest BCUT2D eigenvalue weighted by atomic mass is 10.0. The average Bonchev–Trinajstić information content (AvgIpc) is 3.27. The summed E-state index contributed by atoms with van der Waals surface area (Å²) in [5.74, 6) is -2.10. The SMILES string of the molecule is CC(=O)ONc1ccc(S(=O)(=O)N(CC(C)C)C[C@@H](O)[C@H](Cc2ccccc2)NC(=O)CCN2C(=O)c3ccccc3C2=O)cc1. The normalized spacial score (nSPS) is 14.3. The van der Waals surface area contributed by atoms with Crippen LogP contribution in [0.3, 0.4) is 0 Å². The first-order valence-corrected chi connectivity index (χ1v) is 16.3. The van der Waals surface area contributed by atoms with Crippen molar-refractivity contribution in [1.29, 1.82) is 0 Å². The Kier molecular flexibility index (Phi) is 11.3. The number of nitrogens with zero attached hydrogens (tertiary/aromatic N) is 2. The lowest BCUT2D eigenvalue weighted by molar-refractivity contribution is -0.138. The number of benzene rings is 3. The average molecular weight is 651 g/mol. The van der Waals surface area contributed by atoms with Gasteiger partial charge in [-0.3, -0.25) is 24.1 Å². The van der Waals surface area contributed by atoms with E-state index in [4.69, 9.17) is 4.84 Å². The van der Waals surface area contributed by atoms with Crippen LogP contribution in [0.1, 0.15) is 53.5 Å². The monoisotopic (exact) mass is 650 g/mol. The molecule has 0 aliphatic carbocycles. The summed E-state index contributed by atoms with van der Waals surface area (Å²) in [6, 6.07) is 20.3. The van der Waals surface area contributed by atoms with Gasteiger partial charge in [-0.2, -0.15) is 4.31 Å². The highest BCUT2D eigenvalue weighted by Crippen LogP contribution is 2.23. The number of amides is 3. The molecule has 1 aliphatic heterocycles. The molecular weight excluding hydrogens is 612 g/mol. The minimum atomic E-state index is -4.09. The van der Waals surface area contributed by atoms with Crippen LogP contribution in [0.2, 0.25) is 0 Å². The lowest BCUT2D eigenvalue weighted by Gasteiger charge is -2.31. The van der Waals surface area contributed by atoms with E-state index in [1.807, 2.05) is 44.2 Å². The van der Waals surface area contributed by atoms with Crippen LogP contribution >= 0.6 is 0 Å². The third-order valence-corrected chi connectivity index (χ3v) is 9.16. The van der Waals surface area contributed by atoms with Crippen LogP contribution in [0.4, 0.5) is 5.69 Å². The number of nitrogens with one attached hydrogen (secondary N) is 2. The van der Waals surface area contributed by atoms with Crippen molar-refractivity contribution in [3.8, 4) is 0 Å². The van der Waals surface area contributed by atoms with E-state index >= 15 is 0 Å². The smallest absolute Gasteiger partial charge is 0.329 e. The summed E-state index contributed by atoms with van der Waals surface area (Å²) < 4.78 is 28.7. The van der Waals surface area contributed by atoms with Crippen LogP contribution in [0.15, 0.2) is 83.8 Å². The van der Waals surface area contributed by atoms with Gasteiger partial charge in [-0.05, 0) is 54.3 Å². The first kappa shape index (κ1) is 34.3. The highest BCUT2D eigenvalue weighted by Gasteiger charge is 2.36. The van der Waals surface area contributed by atoms with E-state index < -0.39 is 45.9 Å². The number of hydrogen-bond acceptors (Lipinski definition) is 9. The standard InChI is InChI=1S/C33H38N4O8S/c1-22(2)20-36(46(43,44)26-15-13-25(14-16-26)35-45-23(3)38)21-30(39)29(19-24-9-5-4-6-10-24)34-31(40)17-18-37-32(41)27-11-7-8-12-28(27)33(37)42/h4-16,22,29-30,35,39H,17-21H2,1-3H3,(H,34,40)/t29-,30+/m0/s1. The van der Waals surface area contributed by atoms with Gasteiger partial charge in [0.1, 0.15) is 0 Å². The summed E-state index contributed by atoms with van der Waals surface area (Å²) in [6.07, 6.45) is -1.32. The van der Waals surface area contributed by atoms with Crippen molar-refractivity contribution < 1.29 is 37.5 Å². The van der Waals surface area contributed by atoms with Crippen molar-refractivity contribution in [1.82, 2.24) is 14.5 Å². The van der Waals surface area contributed by atoms with Crippen LogP contribution in [-0.4, -0.2) is 78.2 Å². The largest absolute Gasteiger partial charge is 0.390 e. The summed E-state index contributed by atoms with van der Waals surface area (Å²) in [6.45, 7) is 4.56. The first-order valence-electron chi connectivity index (χ1n) is 14.9. The maximum Gasteiger partial charge on any atom is 0.329 e. The summed E-state index contributed by atoms with van der Waals surface area (Å²) in [4.78, 5) is 55.4. The van der Waals surface area contributed by atoms with Crippen molar-refractivity contribution in [3.05, 3.63) is 95.6 Å². The van der Waals surface area contributed by atoms with Gasteiger partial charge in [-0.1, -0.05) is 56.3 Å². The van der Waals surface area contributed by atoms with E-state index in [2.05, 4.69) is 10.8 Å². The number of fused-ring (bicyclic) bond motifs is 1. The number of aliphatic hydroxyl groups excluding tert-OH is 1. The third kappa shape index (κ3) is 8.56. The zero-order valence-electron chi connectivity index (χ0n) is 25.9. The predicted octanol–water partition coefficient (Wildman–Crippen LogP) is 3.00. The maximum absolute atomic E-state index is 13.7. The van der Waals surface area contributed by atoms with Crippen molar-refractivity contribution >= 4 is 39.4 Å². The van der Waals surface area contributed by atoms with Crippen molar-refractivity contribution in [3.63, 3.8) is 0 Å². The predicted molar refractivity (Wildman–Crippen MR) is 170 cm³/mol. The Morgan fingerprint density at radius 3 is 2.04 bits per heavy atom. The molecule has 1 heterocycles. The molecule has 0 aromatic heterocycles. The second-order valence-electron chi connectivity index (χ2n) is 11.4. The second-order valence-corrected chi connectivity index (χ2v) is 13.4. The molecule has 4 rings (SSSR count). The van der Waals surface area contributed by atoms with Crippen LogP contribution in [0.5, 0.6) is 0 Å². The quantitative estimate of drug-likeness (QED) is 0.166. The molecule has 0 saturated carbocycles. The summed E-state index contributed by atoms with van der Waals surface area (Å²) in [5, 5.41) is 14.3. The molecule has 2 atom stereocenters. The fraction of sp³-hybridized carbons (Fsp3) is 0.333. The van der Waals surface area contributed by atoms with Gasteiger partial charge in [0, 0.05) is 33.0 Å². The zero-order valence-corrected chi connectivity index (χ0v) is 26.7. The molecule has 0 radical (unpaired) electrons. The summed E-state index contributed by atoms with van der Waals surface area (Å²) >= 11 is 0. The summed E-state index contributed by atoms with van der Waals surface area (Å²) in [7, 11) is -4.09. The molecule has 0 saturated heterocycles. The van der Waals surface area contributed by atoms with Gasteiger partial charge in [-0.15, -0.1) is 0 Å². The van der Waals surface area contributed by atoms with Crippen LogP contribution in [-0.2, 0) is 30.9 Å². The fourth-order valence-corrected chi connectivity index (χ4v) is 6.70. The molecule has 244 valence electrons. The van der Waals surface area contributed by atoms with Crippen LogP contribution in [0, 0.1) is 5.92 Å². The topological polar surface area (TPSA) is 162 Å². The van der Waals surface area contributed by atoms with Gasteiger partial charge >= 0.3 is 5.97 Å². The lowest BCUT2D eigenvalue weighted by Crippen LogP contribution is -2.51. The fourth-order valence-electron chi connectivity index (χ4n) is 5.07. The molecule has 0 spiro atoms. The number of rotatable bonds is 15. The van der Waals surface area contributed by atoms with E-state index in [0.717, 1.165) is 10.5 Å². The van der Waals surface area contributed by atoms with E-state index in [-0.39, 0.29) is 54.4 Å². The minimum absolute atomic E-state index is 0.0293. The molecule has 1 aliphatic rings. The van der Waals surface area contributed by atoms with Gasteiger partial charge < -0.3 is 15.3 Å². The molecule has 12 nitrogen and oxygen atoms in total.